The molecule has 14 heavy (non-hydrogen) atoms. The van der Waals surface area contributed by atoms with Crippen LogP contribution in [0.1, 0.15) is 26.2 Å². The third kappa shape index (κ3) is 3.04. The summed E-state index contributed by atoms with van der Waals surface area (Å²) in [5.74, 6) is 1.97. The molecule has 78 valence electrons. The fourth-order valence-corrected chi connectivity index (χ4v) is 1.79. The SMILES string of the molecule is C#CC(=O)N(CC)CC1CCCCN1. The van der Waals surface area contributed by atoms with Crippen LogP contribution in [0.3, 0.4) is 0 Å². The Labute approximate surface area is 85.9 Å². The van der Waals surface area contributed by atoms with Crippen LogP contribution in [0.25, 0.3) is 0 Å². The number of hydrogen-bond donors (Lipinski definition) is 1. The van der Waals surface area contributed by atoms with Crippen LogP contribution in [-0.4, -0.2) is 36.5 Å². The van der Waals surface area contributed by atoms with Gasteiger partial charge in [-0.2, -0.15) is 0 Å². The van der Waals surface area contributed by atoms with E-state index in [4.69, 9.17) is 6.42 Å². The number of nitrogens with zero attached hydrogens (tertiary/aromatic N) is 1. The smallest absolute Gasteiger partial charge is 0.298 e. The lowest BCUT2D eigenvalue weighted by Crippen LogP contribution is -2.45. The highest BCUT2D eigenvalue weighted by Crippen LogP contribution is 2.08. The van der Waals surface area contributed by atoms with Crippen molar-refractivity contribution in [1.29, 1.82) is 0 Å². The molecule has 1 fully saturated rings. The lowest BCUT2D eigenvalue weighted by molar-refractivity contribution is -0.125. The molecule has 1 rings (SSSR count). The Morgan fingerprint density at radius 2 is 2.43 bits per heavy atom. The van der Waals surface area contributed by atoms with E-state index < -0.39 is 0 Å². The van der Waals surface area contributed by atoms with Gasteiger partial charge in [0, 0.05) is 19.1 Å². The molecule has 0 aromatic carbocycles. The first-order valence-electron chi connectivity index (χ1n) is 5.26. The fourth-order valence-electron chi connectivity index (χ4n) is 1.79. The highest BCUT2D eigenvalue weighted by atomic mass is 16.2. The lowest BCUT2D eigenvalue weighted by Gasteiger charge is -2.28. The van der Waals surface area contributed by atoms with Gasteiger partial charge in [-0.1, -0.05) is 6.42 Å². The van der Waals surface area contributed by atoms with Crippen LogP contribution in [0.5, 0.6) is 0 Å². The molecular weight excluding hydrogens is 176 g/mol. The van der Waals surface area contributed by atoms with E-state index in [0.717, 1.165) is 19.5 Å². The molecule has 1 heterocycles. The second-order valence-corrected chi connectivity index (χ2v) is 3.63. The van der Waals surface area contributed by atoms with Gasteiger partial charge in [0.05, 0.1) is 0 Å². The standard InChI is InChI=1S/C11H18N2O/c1-3-11(14)13(4-2)9-10-7-5-6-8-12-10/h1,10,12H,4-9H2,2H3. The van der Waals surface area contributed by atoms with Gasteiger partial charge in [0.25, 0.3) is 5.91 Å². The van der Waals surface area contributed by atoms with Gasteiger partial charge in [0.1, 0.15) is 0 Å². The van der Waals surface area contributed by atoms with Crippen LogP contribution < -0.4 is 5.32 Å². The third-order valence-electron chi connectivity index (χ3n) is 2.65. The summed E-state index contributed by atoms with van der Waals surface area (Å²) in [6.07, 6.45) is 8.73. The summed E-state index contributed by atoms with van der Waals surface area (Å²) >= 11 is 0. The van der Waals surface area contributed by atoms with E-state index in [2.05, 4.69) is 11.2 Å². The minimum Gasteiger partial charge on any atom is -0.331 e. The summed E-state index contributed by atoms with van der Waals surface area (Å²) in [5, 5.41) is 3.40. The van der Waals surface area contributed by atoms with Crippen LogP contribution in [0.2, 0.25) is 0 Å². The zero-order valence-electron chi connectivity index (χ0n) is 8.75. The number of piperidine rings is 1. The Morgan fingerprint density at radius 3 is 2.93 bits per heavy atom. The predicted octanol–water partition coefficient (Wildman–Crippen LogP) is 0.610. The van der Waals surface area contributed by atoms with Crippen molar-refractivity contribution < 1.29 is 4.79 Å². The van der Waals surface area contributed by atoms with Crippen molar-refractivity contribution in [3.8, 4) is 12.3 Å². The third-order valence-corrected chi connectivity index (χ3v) is 2.65. The summed E-state index contributed by atoms with van der Waals surface area (Å²) in [6, 6.07) is 0.431. The first-order chi connectivity index (χ1) is 6.77. The summed E-state index contributed by atoms with van der Waals surface area (Å²) in [7, 11) is 0. The minimum atomic E-state index is -0.195. The molecule has 1 amide bonds. The van der Waals surface area contributed by atoms with Crippen molar-refractivity contribution in [2.24, 2.45) is 0 Å². The van der Waals surface area contributed by atoms with Gasteiger partial charge >= 0.3 is 0 Å². The molecule has 0 radical (unpaired) electrons. The first kappa shape index (κ1) is 11.1. The maximum atomic E-state index is 11.3. The van der Waals surface area contributed by atoms with Crippen molar-refractivity contribution in [2.45, 2.75) is 32.2 Å². The van der Waals surface area contributed by atoms with E-state index in [-0.39, 0.29) is 5.91 Å². The molecule has 3 heteroatoms. The Kier molecular flexibility index (Phi) is 4.48. The molecule has 1 N–H and O–H groups in total. The van der Waals surface area contributed by atoms with Crippen LogP contribution in [0.15, 0.2) is 0 Å². The van der Waals surface area contributed by atoms with Crippen LogP contribution in [0, 0.1) is 12.3 Å². The van der Waals surface area contributed by atoms with E-state index in [1.807, 2.05) is 6.92 Å². The van der Waals surface area contributed by atoms with Gasteiger partial charge in [-0.05, 0) is 32.2 Å². The molecule has 0 aromatic rings. The second kappa shape index (κ2) is 5.66. The molecule has 0 aliphatic carbocycles. The number of carbonyl (C=O) groups excluding carboxylic acids is 1. The fraction of sp³-hybridized carbons (Fsp3) is 0.727. The molecule has 1 atom stereocenters. The first-order valence-corrected chi connectivity index (χ1v) is 5.26. The number of terminal acetylenes is 1. The maximum Gasteiger partial charge on any atom is 0.298 e. The lowest BCUT2D eigenvalue weighted by atomic mass is 10.0. The number of carbonyl (C=O) groups is 1. The zero-order valence-corrected chi connectivity index (χ0v) is 8.75. The normalized spacial score (nSPS) is 21.3. The summed E-state index contributed by atoms with van der Waals surface area (Å²) in [6.45, 7) is 4.46. The highest BCUT2D eigenvalue weighted by molar-refractivity contribution is 5.92. The zero-order chi connectivity index (χ0) is 10.4. The van der Waals surface area contributed by atoms with Gasteiger partial charge in [0.15, 0.2) is 0 Å². The van der Waals surface area contributed by atoms with Gasteiger partial charge in [0.2, 0.25) is 0 Å². The Morgan fingerprint density at radius 1 is 1.64 bits per heavy atom. The number of likely N-dealkylation sites (N-methyl/N-ethyl adjacent to an activating group) is 1. The molecule has 0 aromatic heterocycles. The molecule has 1 unspecified atom stereocenters. The van der Waals surface area contributed by atoms with Crippen molar-refractivity contribution >= 4 is 5.91 Å². The Hall–Kier alpha value is -1.01. The summed E-state index contributed by atoms with van der Waals surface area (Å²) < 4.78 is 0. The van der Waals surface area contributed by atoms with E-state index in [0.29, 0.717) is 12.6 Å². The Balaban J connectivity index is 2.39. The molecule has 0 bridgehead atoms. The maximum absolute atomic E-state index is 11.3. The van der Waals surface area contributed by atoms with Crippen LogP contribution in [-0.2, 0) is 4.79 Å². The van der Waals surface area contributed by atoms with Crippen molar-refractivity contribution in [1.82, 2.24) is 10.2 Å². The molecule has 1 saturated heterocycles. The van der Waals surface area contributed by atoms with Crippen molar-refractivity contribution in [2.75, 3.05) is 19.6 Å². The number of amides is 1. The van der Waals surface area contributed by atoms with E-state index in [9.17, 15) is 4.79 Å². The average molecular weight is 194 g/mol. The van der Waals surface area contributed by atoms with E-state index >= 15 is 0 Å². The molecule has 0 saturated carbocycles. The molecule has 1 aliphatic rings. The number of nitrogens with one attached hydrogen (secondary N) is 1. The molecule has 1 aliphatic heterocycles. The van der Waals surface area contributed by atoms with Gasteiger partial charge in [-0.15, -0.1) is 6.42 Å². The van der Waals surface area contributed by atoms with E-state index in [1.165, 1.54) is 12.8 Å². The minimum absolute atomic E-state index is 0.195. The summed E-state index contributed by atoms with van der Waals surface area (Å²) in [4.78, 5) is 13.0. The second-order valence-electron chi connectivity index (χ2n) is 3.63. The van der Waals surface area contributed by atoms with Crippen LogP contribution >= 0.6 is 0 Å². The molecule has 3 nitrogen and oxygen atoms in total. The number of rotatable bonds is 3. The predicted molar refractivity (Wildman–Crippen MR) is 56.7 cm³/mol. The molecular formula is C11H18N2O. The quantitative estimate of drug-likeness (QED) is 0.668. The van der Waals surface area contributed by atoms with Crippen molar-refractivity contribution in [3.63, 3.8) is 0 Å². The monoisotopic (exact) mass is 194 g/mol. The summed E-state index contributed by atoms with van der Waals surface area (Å²) in [5.41, 5.74) is 0. The topological polar surface area (TPSA) is 32.3 Å². The molecule has 0 spiro atoms. The van der Waals surface area contributed by atoms with E-state index in [1.54, 1.807) is 4.90 Å². The van der Waals surface area contributed by atoms with Crippen molar-refractivity contribution in [3.05, 3.63) is 0 Å². The largest absolute Gasteiger partial charge is 0.331 e. The van der Waals surface area contributed by atoms with Gasteiger partial charge in [-0.3, -0.25) is 4.79 Å². The highest BCUT2D eigenvalue weighted by Gasteiger charge is 2.17. The number of hydrogen-bond acceptors (Lipinski definition) is 2. The average Bonchev–Trinajstić information content (AvgIpc) is 2.26. The van der Waals surface area contributed by atoms with Gasteiger partial charge < -0.3 is 10.2 Å². The Bertz CT molecular complexity index is 226. The van der Waals surface area contributed by atoms with Crippen LogP contribution in [0.4, 0.5) is 0 Å². The van der Waals surface area contributed by atoms with Gasteiger partial charge in [-0.25, -0.2) is 0 Å².